The van der Waals surface area contributed by atoms with Crippen LogP contribution in [0.3, 0.4) is 0 Å². The molecule has 2 aliphatic rings. The van der Waals surface area contributed by atoms with Crippen molar-refractivity contribution in [3.63, 3.8) is 0 Å². The SMILES string of the molecule is CNC1(C(=O)O)CCCC1CCN(C)C1CCN(C)CC1. The van der Waals surface area contributed by atoms with Crippen molar-refractivity contribution in [1.82, 2.24) is 15.1 Å². The molecular formula is C16H31N3O2. The molecule has 0 radical (unpaired) electrons. The van der Waals surface area contributed by atoms with Crippen LogP contribution in [0.25, 0.3) is 0 Å². The van der Waals surface area contributed by atoms with Gasteiger partial charge in [0.25, 0.3) is 0 Å². The van der Waals surface area contributed by atoms with Crippen LogP contribution in [0, 0.1) is 5.92 Å². The van der Waals surface area contributed by atoms with Crippen molar-refractivity contribution < 1.29 is 9.90 Å². The number of nitrogens with one attached hydrogen (secondary N) is 1. The van der Waals surface area contributed by atoms with Gasteiger partial charge in [-0.15, -0.1) is 0 Å². The second-order valence-corrected chi connectivity index (χ2v) is 6.92. The molecular weight excluding hydrogens is 266 g/mol. The molecule has 5 heteroatoms. The topological polar surface area (TPSA) is 55.8 Å². The molecule has 0 spiro atoms. The quantitative estimate of drug-likeness (QED) is 0.773. The first-order valence-corrected chi connectivity index (χ1v) is 8.30. The lowest BCUT2D eigenvalue weighted by atomic mass is 9.84. The van der Waals surface area contributed by atoms with Crippen LogP contribution in [0.5, 0.6) is 0 Å². The third kappa shape index (κ3) is 3.58. The Morgan fingerprint density at radius 2 is 2.05 bits per heavy atom. The zero-order chi connectivity index (χ0) is 15.5. The summed E-state index contributed by atoms with van der Waals surface area (Å²) >= 11 is 0. The van der Waals surface area contributed by atoms with Crippen molar-refractivity contribution in [2.45, 2.75) is 50.1 Å². The van der Waals surface area contributed by atoms with Crippen LogP contribution < -0.4 is 5.32 Å². The number of likely N-dealkylation sites (tertiary alicyclic amines) is 1. The van der Waals surface area contributed by atoms with Gasteiger partial charge in [0.1, 0.15) is 5.54 Å². The van der Waals surface area contributed by atoms with Crippen molar-refractivity contribution in [1.29, 1.82) is 0 Å². The highest BCUT2D eigenvalue weighted by Gasteiger charge is 2.47. The molecule has 1 saturated carbocycles. The molecule has 0 aromatic heterocycles. The molecule has 1 heterocycles. The zero-order valence-corrected chi connectivity index (χ0v) is 13.8. The van der Waals surface area contributed by atoms with E-state index < -0.39 is 11.5 Å². The molecule has 1 aliphatic heterocycles. The van der Waals surface area contributed by atoms with E-state index >= 15 is 0 Å². The molecule has 1 aliphatic carbocycles. The number of carboxylic acids is 1. The molecule has 2 N–H and O–H groups in total. The lowest BCUT2D eigenvalue weighted by Gasteiger charge is -2.37. The fourth-order valence-corrected chi connectivity index (χ4v) is 4.16. The minimum absolute atomic E-state index is 0.258. The van der Waals surface area contributed by atoms with Crippen molar-refractivity contribution >= 4 is 5.97 Å². The average Bonchev–Trinajstić information content (AvgIpc) is 2.89. The molecule has 0 aromatic carbocycles. The predicted octanol–water partition coefficient (Wildman–Crippen LogP) is 1.25. The van der Waals surface area contributed by atoms with E-state index in [9.17, 15) is 9.90 Å². The maximum Gasteiger partial charge on any atom is 0.324 e. The molecule has 0 bridgehead atoms. The van der Waals surface area contributed by atoms with E-state index in [-0.39, 0.29) is 5.92 Å². The van der Waals surface area contributed by atoms with Crippen molar-refractivity contribution in [2.24, 2.45) is 5.92 Å². The van der Waals surface area contributed by atoms with Gasteiger partial charge in [-0.1, -0.05) is 6.42 Å². The van der Waals surface area contributed by atoms with E-state index in [0.717, 1.165) is 32.2 Å². The number of rotatable bonds is 6. The molecule has 1 saturated heterocycles. The fraction of sp³-hybridized carbons (Fsp3) is 0.938. The standard InChI is InChI=1S/C16H31N3O2/c1-17-16(15(20)21)9-4-5-13(16)6-12-19(3)14-7-10-18(2)11-8-14/h13-14,17H,4-12H2,1-3H3,(H,20,21). The van der Waals surface area contributed by atoms with Crippen LogP contribution in [0.1, 0.15) is 38.5 Å². The molecule has 0 amide bonds. The molecule has 2 rings (SSSR count). The van der Waals surface area contributed by atoms with Crippen LogP contribution >= 0.6 is 0 Å². The summed E-state index contributed by atoms with van der Waals surface area (Å²) in [6.45, 7) is 3.36. The summed E-state index contributed by atoms with van der Waals surface area (Å²) in [4.78, 5) is 16.5. The monoisotopic (exact) mass is 297 g/mol. The smallest absolute Gasteiger partial charge is 0.324 e. The number of piperidine rings is 1. The Labute approximate surface area is 128 Å². The molecule has 5 nitrogen and oxygen atoms in total. The summed E-state index contributed by atoms with van der Waals surface area (Å²) in [5.74, 6) is -0.414. The molecule has 2 unspecified atom stereocenters. The van der Waals surface area contributed by atoms with E-state index in [0.29, 0.717) is 6.04 Å². The largest absolute Gasteiger partial charge is 0.480 e. The van der Waals surface area contributed by atoms with E-state index in [1.54, 1.807) is 7.05 Å². The van der Waals surface area contributed by atoms with Gasteiger partial charge in [0, 0.05) is 6.04 Å². The van der Waals surface area contributed by atoms with Crippen molar-refractivity contribution in [3.05, 3.63) is 0 Å². The fourth-order valence-electron chi connectivity index (χ4n) is 4.16. The van der Waals surface area contributed by atoms with Crippen LogP contribution in [0.4, 0.5) is 0 Å². The van der Waals surface area contributed by atoms with Crippen molar-refractivity contribution in [3.8, 4) is 0 Å². The summed E-state index contributed by atoms with van der Waals surface area (Å²) in [6, 6.07) is 0.663. The number of carboxylic acid groups (broad SMARTS) is 1. The van der Waals surface area contributed by atoms with E-state index in [2.05, 4.69) is 29.2 Å². The van der Waals surface area contributed by atoms with E-state index in [1.165, 1.54) is 25.9 Å². The van der Waals surface area contributed by atoms with E-state index in [1.807, 2.05) is 0 Å². The number of carbonyl (C=O) groups is 1. The van der Waals surface area contributed by atoms with Crippen molar-refractivity contribution in [2.75, 3.05) is 40.8 Å². The number of aliphatic carboxylic acids is 1. The van der Waals surface area contributed by atoms with Gasteiger partial charge in [0.15, 0.2) is 0 Å². The predicted molar refractivity (Wildman–Crippen MR) is 84.5 cm³/mol. The summed E-state index contributed by atoms with van der Waals surface area (Å²) in [5, 5.41) is 12.7. The Balaban J connectivity index is 1.85. The summed E-state index contributed by atoms with van der Waals surface area (Å²) in [7, 11) is 6.18. The van der Waals surface area contributed by atoms with Gasteiger partial charge < -0.3 is 20.2 Å². The Morgan fingerprint density at radius 1 is 1.38 bits per heavy atom. The second kappa shape index (κ2) is 7.07. The van der Waals surface area contributed by atoms with Gasteiger partial charge in [-0.3, -0.25) is 4.79 Å². The van der Waals surface area contributed by atoms with Crippen LogP contribution in [0.2, 0.25) is 0 Å². The molecule has 2 fully saturated rings. The third-order valence-electron chi connectivity index (χ3n) is 5.79. The highest BCUT2D eigenvalue weighted by Crippen LogP contribution is 2.38. The van der Waals surface area contributed by atoms with E-state index in [4.69, 9.17) is 0 Å². The van der Waals surface area contributed by atoms with Gasteiger partial charge in [-0.05, 0) is 78.8 Å². The molecule has 21 heavy (non-hydrogen) atoms. The van der Waals surface area contributed by atoms with Crippen LogP contribution in [-0.2, 0) is 4.79 Å². The first kappa shape index (κ1) is 16.7. The second-order valence-electron chi connectivity index (χ2n) is 6.92. The van der Waals surface area contributed by atoms with Crippen LogP contribution in [-0.4, -0.2) is 73.2 Å². The maximum absolute atomic E-state index is 11.7. The molecule has 2 atom stereocenters. The maximum atomic E-state index is 11.7. The van der Waals surface area contributed by atoms with Gasteiger partial charge >= 0.3 is 5.97 Å². The van der Waals surface area contributed by atoms with Gasteiger partial charge in [0.2, 0.25) is 0 Å². The average molecular weight is 297 g/mol. The summed E-state index contributed by atoms with van der Waals surface area (Å²) < 4.78 is 0. The third-order valence-corrected chi connectivity index (χ3v) is 5.79. The molecule has 0 aromatic rings. The highest BCUT2D eigenvalue weighted by molar-refractivity contribution is 5.79. The lowest BCUT2D eigenvalue weighted by molar-refractivity contribution is -0.146. The number of hydrogen-bond donors (Lipinski definition) is 2. The normalized spacial score (nSPS) is 31.9. The number of hydrogen-bond acceptors (Lipinski definition) is 4. The number of nitrogens with zero attached hydrogens (tertiary/aromatic N) is 2. The minimum Gasteiger partial charge on any atom is -0.480 e. The zero-order valence-electron chi connectivity index (χ0n) is 13.8. The Hall–Kier alpha value is -0.650. The first-order valence-electron chi connectivity index (χ1n) is 8.30. The van der Waals surface area contributed by atoms with Gasteiger partial charge in [0.05, 0.1) is 0 Å². The Bertz CT molecular complexity index is 355. The van der Waals surface area contributed by atoms with Gasteiger partial charge in [-0.2, -0.15) is 0 Å². The Kier molecular flexibility index (Phi) is 5.63. The Morgan fingerprint density at radius 3 is 2.62 bits per heavy atom. The highest BCUT2D eigenvalue weighted by atomic mass is 16.4. The minimum atomic E-state index is -0.687. The first-order chi connectivity index (χ1) is 9.99. The van der Waals surface area contributed by atoms with Crippen LogP contribution in [0.15, 0.2) is 0 Å². The summed E-state index contributed by atoms with van der Waals surface area (Å²) in [6.07, 6.45) is 6.27. The number of likely N-dealkylation sites (N-methyl/N-ethyl adjacent to an activating group) is 1. The lowest BCUT2D eigenvalue weighted by Crippen LogP contribution is -2.54. The summed E-state index contributed by atoms with van der Waals surface area (Å²) in [5.41, 5.74) is -0.687. The van der Waals surface area contributed by atoms with Gasteiger partial charge in [-0.25, -0.2) is 0 Å². The molecule has 122 valence electrons.